The van der Waals surface area contributed by atoms with Crippen LogP contribution in [0, 0.1) is 6.92 Å². The smallest absolute Gasteiger partial charge is 0.408 e. The first-order chi connectivity index (χ1) is 18.9. The van der Waals surface area contributed by atoms with Gasteiger partial charge in [0.1, 0.15) is 35.7 Å². The molecule has 0 aliphatic heterocycles. The van der Waals surface area contributed by atoms with E-state index in [0.717, 1.165) is 0 Å². The summed E-state index contributed by atoms with van der Waals surface area (Å²) in [6, 6.07) is 8.27. The fraction of sp³-hybridized carbons (Fsp3) is 0.467. The molecule has 0 fully saturated rings. The van der Waals surface area contributed by atoms with Crippen molar-refractivity contribution in [3.63, 3.8) is 0 Å². The number of amides is 3. The van der Waals surface area contributed by atoms with Crippen molar-refractivity contribution in [1.82, 2.24) is 15.5 Å². The van der Waals surface area contributed by atoms with Crippen molar-refractivity contribution in [3.05, 3.63) is 59.2 Å². The lowest BCUT2D eigenvalue weighted by atomic mass is 9.93. The zero-order valence-corrected chi connectivity index (χ0v) is 24.9. The molecule has 3 amide bonds. The maximum absolute atomic E-state index is 14.4. The van der Waals surface area contributed by atoms with Crippen molar-refractivity contribution in [2.24, 2.45) is 0 Å². The second-order valence-electron chi connectivity index (χ2n) is 11.7. The molecule has 224 valence electrons. The first-order valence-electron chi connectivity index (χ1n) is 13.2. The summed E-state index contributed by atoms with van der Waals surface area (Å²) in [5, 5.41) is 25.0. The molecule has 2 atom stereocenters. The van der Waals surface area contributed by atoms with Crippen molar-refractivity contribution in [1.29, 1.82) is 0 Å². The first kappa shape index (κ1) is 32.9. The Kier molecular flexibility index (Phi) is 10.7. The third kappa shape index (κ3) is 9.70. The van der Waals surface area contributed by atoms with Crippen LogP contribution in [0.3, 0.4) is 0 Å². The molecule has 2 unspecified atom stereocenters. The average Bonchev–Trinajstić information content (AvgIpc) is 2.86. The average molecular weight is 572 g/mol. The van der Waals surface area contributed by atoms with Crippen LogP contribution in [0.25, 0.3) is 0 Å². The van der Waals surface area contributed by atoms with E-state index in [0.29, 0.717) is 16.7 Å². The van der Waals surface area contributed by atoms with E-state index in [1.165, 1.54) is 36.3 Å². The highest BCUT2D eigenvalue weighted by atomic mass is 16.6. The minimum absolute atomic E-state index is 0.00732. The molecular formula is C30H41N3O8. The lowest BCUT2D eigenvalue weighted by Crippen LogP contribution is -2.59. The molecule has 2 rings (SSSR count). The minimum atomic E-state index is -1.26. The molecule has 4 N–H and O–H groups in total. The number of nitrogens with one attached hydrogen (secondary N) is 2. The maximum atomic E-state index is 14.4. The largest absolute Gasteiger partial charge is 0.508 e. The van der Waals surface area contributed by atoms with Gasteiger partial charge in [0.2, 0.25) is 11.8 Å². The standard InChI is InChI=1S/C30H41N3O8/c1-18-15-20(11-14-23(18)35)25(26(37)31-17-24(36)40-8)33(29(2,3)4)27(38)22(32-28(39)41-30(5,6)7)16-19-9-12-21(34)13-10-19/h9-15,22,25,34-35H,16-17H2,1-8H3,(H,31,37)(H,32,39). The highest BCUT2D eigenvalue weighted by molar-refractivity contribution is 5.94. The third-order valence-electron chi connectivity index (χ3n) is 6.00. The number of alkyl carbamates (subject to hydrolysis) is 1. The number of aryl methyl sites for hydroxylation is 1. The van der Waals surface area contributed by atoms with E-state index in [9.17, 15) is 29.4 Å². The van der Waals surface area contributed by atoms with Crippen LogP contribution in [0.2, 0.25) is 0 Å². The van der Waals surface area contributed by atoms with Crippen LogP contribution >= 0.6 is 0 Å². The van der Waals surface area contributed by atoms with Gasteiger partial charge in [0.15, 0.2) is 0 Å². The lowest BCUT2D eigenvalue weighted by molar-refractivity contribution is -0.149. The van der Waals surface area contributed by atoms with Gasteiger partial charge in [0.25, 0.3) is 0 Å². The number of nitrogens with zero attached hydrogens (tertiary/aromatic N) is 1. The number of esters is 1. The van der Waals surface area contributed by atoms with Crippen molar-refractivity contribution < 1.29 is 38.9 Å². The van der Waals surface area contributed by atoms with Gasteiger partial charge >= 0.3 is 12.1 Å². The number of methoxy groups -OCH3 is 1. The molecule has 41 heavy (non-hydrogen) atoms. The number of phenols is 2. The predicted molar refractivity (Wildman–Crippen MR) is 152 cm³/mol. The van der Waals surface area contributed by atoms with Crippen molar-refractivity contribution >= 4 is 23.9 Å². The number of carbonyl (C=O) groups is 4. The van der Waals surface area contributed by atoms with Gasteiger partial charge in [-0.15, -0.1) is 0 Å². The fourth-order valence-corrected chi connectivity index (χ4v) is 4.13. The second kappa shape index (κ2) is 13.4. The summed E-state index contributed by atoms with van der Waals surface area (Å²) in [4.78, 5) is 54.1. The highest BCUT2D eigenvalue weighted by Gasteiger charge is 2.42. The Morgan fingerprint density at radius 1 is 0.951 bits per heavy atom. The number of carbonyl (C=O) groups excluding carboxylic acids is 4. The molecule has 11 nitrogen and oxygen atoms in total. The van der Waals surface area contributed by atoms with Crippen LogP contribution in [0.15, 0.2) is 42.5 Å². The van der Waals surface area contributed by atoms with E-state index < -0.39 is 53.6 Å². The predicted octanol–water partition coefficient (Wildman–Crippen LogP) is 3.50. The number of aromatic hydroxyl groups is 2. The van der Waals surface area contributed by atoms with E-state index in [1.807, 2.05) is 0 Å². The molecule has 0 spiro atoms. The SMILES string of the molecule is COC(=O)CNC(=O)C(c1ccc(O)c(C)c1)N(C(=O)C(Cc1ccc(O)cc1)NC(=O)OC(C)(C)C)C(C)(C)C. The normalized spacial score (nSPS) is 13.0. The van der Waals surface area contributed by atoms with E-state index in [-0.39, 0.29) is 17.9 Å². The molecule has 0 aromatic heterocycles. The number of hydrogen-bond donors (Lipinski definition) is 4. The summed E-state index contributed by atoms with van der Waals surface area (Å²) in [5.41, 5.74) is -0.314. The van der Waals surface area contributed by atoms with Crippen molar-refractivity contribution in [3.8, 4) is 11.5 Å². The molecule has 0 aliphatic rings. The highest BCUT2D eigenvalue weighted by Crippen LogP contribution is 2.32. The number of rotatable bonds is 9. The summed E-state index contributed by atoms with van der Waals surface area (Å²) in [5.74, 6) is -1.89. The zero-order valence-electron chi connectivity index (χ0n) is 24.9. The van der Waals surface area contributed by atoms with Gasteiger partial charge < -0.3 is 35.2 Å². The number of phenolic OH excluding ortho intramolecular Hbond substituents is 2. The Hall–Kier alpha value is -4.28. The summed E-state index contributed by atoms with van der Waals surface area (Å²) < 4.78 is 10.1. The Morgan fingerprint density at radius 2 is 1.56 bits per heavy atom. The number of benzene rings is 2. The van der Waals surface area contributed by atoms with Gasteiger partial charge in [-0.2, -0.15) is 0 Å². The van der Waals surface area contributed by atoms with Gasteiger partial charge in [0, 0.05) is 12.0 Å². The zero-order chi connectivity index (χ0) is 31.1. The minimum Gasteiger partial charge on any atom is -0.508 e. The molecule has 0 bridgehead atoms. The van der Waals surface area contributed by atoms with E-state index >= 15 is 0 Å². The van der Waals surface area contributed by atoms with Gasteiger partial charge in [0.05, 0.1) is 7.11 Å². The van der Waals surface area contributed by atoms with Crippen LogP contribution in [-0.2, 0) is 30.3 Å². The van der Waals surface area contributed by atoms with Crippen LogP contribution in [0.1, 0.15) is 64.3 Å². The van der Waals surface area contributed by atoms with Crippen LogP contribution in [-0.4, -0.2) is 69.8 Å². The lowest BCUT2D eigenvalue weighted by Gasteiger charge is -2.43. The molecule has 0 heterocycles. The van der Waals surface area contributed by atoms with E-state index in [1.54, 1.807) is 66.7 Å². The van der Waals surface area contributed by atoms with Gasteiger partial charge in [-0.05, 0) is 89.4 Å². The Labute approximate surface area is 240 Å². The van der Waals surface area contributed by atoms with Crippen LogP contribution < -0.4 is 10.6 Å². The van der Waals surface area contributed by atoms with Crippen molar-refractivity contribution in [2.75, 3.05) is 13.7 Å². The van der Waals surface area contributed by atoms with Crippen molar-refractivity contribution in [2.45, 2.75) is 78.1 Å². The first-order valence-corrected chi connectivity index (χ1v) is 13.2. The van der Waals surface area contributed by atoms with Crippen LogP contribution in [0.4, 0.5) is 4.79 Å². The quantitative estimate of drug-likeness (QED) is 0.334. The molecule has 11 heteroatoms. The molecule has 0 saturated carbocycles. The summed E-state index contributed by atoms with van der Waals surface area (Å²) in [6.07, 6.45) is -0.800. The second-order valence-corrected chi connectivity index (χ2v) is 11.7. The Bertz CT molecular complexity index is 1250. The van der Waals surface area contributed by atoms with Crippen LogP contribution in [0.5, 0.6) is 11.5 Å². The van der Waals surface area contributed by atoms with E-state index in [2.05, 4.69) is 15.4 Å². The number of hydrogen-bond acceptors (Lipinski definition) is 8. The monoisotopic (exact) mass is 571 g/mol. The molecule has 0 saturated heterocycles. The molecule has 0 radical (unpaired) electrons. The molecule has 2 aromatic carbocycles. The number of ether oxygens (including phenoxy) is 2. The molecule has 2 aromatic rings. The Morgan fingerprint density at radius 3 is 2.07 bits per heavy atom. The van der Waals surface area contributed by atoms with E-state index in [4.69, 9.17) is 4.74 Å². The molecule has 0 aliphatic carbocycles. The summed E-state index contributed by atoms with van der Waals surface area (Å²) in [7, 11) is 1.19. The maximum Gasteiger partial charge on any atom is 0.408 e. The molecular weight excluding hydrogens is 530 g/mol. The summed E-state index contributed by atoms with van der Waals surface area (Å²) >= 11 is 0. The third-order valence-corrected chi connectivity index (χ3v) is 6.00. The van der Waals surface area contributed by atoms with Gasteiger partial charge in [-0.1, -0.05) is 18.2 Å². The van der Waals surface area contributed by atoms with Gasteiger partial charge in [-0.3, -0.25) is 14.4 Å². The summed E-state index contributed by atoms with van der Waals surface area (Å²) in [6.45, 7) is 11.5. The Balaban J connectivity index is 2.64. The fourth-order valence-electron chi connectivity index (χ4n) is 4.13. The topological polar surface area (TPSA) is 154 Å². The van der Waals surface area contributed by atoms with Gasteiger partial charge in [-0.25, -0.2) is 4.79 Å².